The number of hydrogen-bond acceptors (Lipinski definition) is 2. The normalized spacial score (nSPS) is 19.3. The van der Waals surface area contributed by atoms with Gasteiger partial charge in [0.15, 0.2) is 0 Å². The highest BCUT2D eigenvalue weighted by Gasteiger charge is 2.39. The molecule has 2 aliphatic rings. The second-order valence-corrected chi connectivity index (χ2v) is 7.52. The summed E-state index contributed by atoms with van der Waals surface area (Å²) in [6, 6.07) is 4.18. The molecule has 1 atom stereocenters. The van der Waals surface area contributed by atoms with Gasteiger partial charge in [-0.2, -0.15) is 0 Å². The van der Waals surface area contributed by atoms with E-state index in [1.807, 2.05) is 0 Å². The third-order valence-electron chi connectivity index (χ3n) is 4.44. The molecule has 0 saturated heterocycles. The van der Waals surface area contributed by atoms with E-state index in [9.17, 15) is 4.79 Å². The number of nitrogens with zero attached hydrogens (tertiary/aromatic N) is 1. The number of carbonyl (C=O) groups excluding carboxylic acids is 1. The van der Waals surface area contributed by atoms with E-state index in [1.165, 1.54) is 25.7 Å². The third kappa shape index (κ3) is 3.88. The van der Waals surface area contributed by atoms with Crippen molar-refractivity contribution in [3.8, 4) is 0 Å². The molecule has 0 aromatic heterocycles. The first kappa shape index (κ1) is 16.4. The van der Waals surface area contributed by atoms with Crippen LogP contribution in [-0.2, 0) is 4.79 Å². The largest absolute Gasteiger partial charge is 0.322 e. The van der Waals surface area contributed by atoms with Gasteiger partial charge in [0.2, 0.25) is 5.91 Å². The van der Waals surface area contributed by atoms with Crippen molar-refractivity contribution in [3.05, 3.63) is 27.2 Å². The number of rotatable bonds is 6. The van der Waals surface area contributed by atoms with Crippen molar-refractivity contribution in [1.82, 2.24) is 4.90 Å². The summed E-state index contributed by atoms with van der Waals surface area (Å²) in [4.78, 5) is 14.7. The Kier molecular flexibility index (Phi) is 4.89. The van der Waals surface area contributed by atoms with Crippen LogP contribution in [-0.4, -0.2) is 29.4 Å². The monoisotopic (exact) mass is 360 g/mol. The molecule has 2 saturated carbocycles. The van der Waals surface area contributed by atoms with Crippen LogP contribution in [0.5, 0.6) is 0 Å². The fraction of sp³-hybridized carbons (Fsp3) is 0.562. The fourth-order valence-electron chi connectivity index (χ4n) is 2.87. The van der Waals surface area contributed by atoms with Crippen LogP contribution in [0.3, 0.4) is 0 Å². The summed E-state index contributed by atoms with van der Waals surface area (Å²) in [5, 5.41) is 4.00. The van der Waals surface area contributed by atoms with Gasteiger partial charge in [0.05, 0.1) is 22.3 Å². The minimum absolute atomic E-state index is 0.0782. The Morgan fingerprint density at radius 2 is 1.82 bits per heavy atom. The van der Waals surface area contributed by atoms with E-state index in [2.05, 4.69) is 17.1 Å². The molecule has 0 heterocycles. The first-order chi connectivity index (χ1) is 10.5. The molecule has 3 rings (SSSR count). The van der Waals surface area contributed by atoms with Crippen molar-refractivity contribution in [2.45, 2.75) is 44.7 Å². The molecular weight excluding hydrogens is 343 g/mol. The molecule has 0 bridgehead atoms. The van der Waals surface area contributed by atoms with Gasteiger partial charge in [-0.15, -0.1) is 0 Å². The van der Waals surface area contributed by atoms with Crippen LogP contribution in [0.1, 0.15) is 32.6 Å². The molecule has 1 amide bonds. The van der Waals surface area contributed by atoms with E-state index in [0.717, 1.165) is 5.92 Å². The predicted octanol–water partition coefficient (Wildman–Crippen LogP) is 4.85. The molecule has 6 heteroatoms. The first-order valence-electron chi connectivity index (χ1n) is 7.66. The van der Waals surface area contributed by atoms with E-state index >= 15 is 0 Å². The maximum absolute atomic E-state index is 12.4. The van der Waals surface area contributed by atoms with Gasteiger partial charge in [0, 0.05) is 17.1 Å². The summed E-state index contributed by atoms with van der Waals surface area (Å²) in [6.45, 7) is 2.61. The van der Waals surface area contributed by atoms with Crippen molar-refractivity contribution in [2.75, 3.05) is 11.9 Å². The summed E-state index contributed by atoms with van der Waals surface area (Å²) < 4.78 is 0. The predicted molar refractivity (Wildman–Crippen MR) is 92.0 cm³/mol. The standard InChI is InChI=1S/C16H19Cl3N2O/c1-9(10-2-3-10)21(12-4-5-12)8-15(22)20-16-13(18)6-11(17)7-14(16)19/h6-7,9-10,12H,2-5,8H2,1H3,(H,20,22). The van der Waals surface area contributed by atoms with Gasteiger partial charge in [-0.1, -0.05) is 34.8 Å². The minimum Gasteiger partial charge on any atom is -0.322 e. The number of amides is 1. The van der Waals surface area contributed by atoms with Crippen molar-refractivity contribution in [1.29, 1.82) is 0 Å². The lowest BCUT2D eigenvalue weighted by Crippen LogP contribution is -2.42. The summed E-state index contributed by atoms with van der Waals surface area (Å²) in [5.74, 6) is 0.668. The Balaban J connectivity index is 1.66. The molecule has 1 unspecified atom stereocenters. The number of anilines is 1. The van der Waals surface area contributed by atoms with E-state index in [4.69, 9.17) is 34.8 Å². The van der Waals surface area contributed by atoms with Crippen LogP contribution in [0.25, 0.3) is 0 Å². The summed E-state index contributed by atoms with van der Waals surface area (Å²) in [7, 11) is 0. The topological polar surface area (TPSA) is 32.3 Å². The van der Waals surface area contributed by atoms with Crippen LogP contribution in [0, 0.1) is 5.92 Å². The second-order valence-electron chi connectivity index (χ2n) is 6.27. The summed E-state index contributed by atoms with van der Waals surface area (Å²) in [6.07, 6.45) is 4.93. The zero-order valence-electron chi connectivity index (χ0n) is 12.4. The highest BCUT2D eigenvalue weighted by molar-refractivity contribution is 6.42. The third-order valence-corrected chi connectivity index (χ3v) is 5.26. The van der Waals surface area contributed by atoms with E-state index < -0.39 is 0 Å². The maximum atomic E-state index is 12.4. The molecule has 0 spiro atoms. The van der Waals surface area contributed by atoms with Crippen LogP contribution in [0.4, 0.5) is 5.69 Å². The lowest BCUT2D eigenvalue weighted by molar-refractivity contribution is -0.118. The molecule has 1 N–H and O–H groups in total. The average Bonchev–Trinajstić information content (AvgIpc) is 3.31. The zero-order valence-corrected chi connectivity index (χ0v) is 14.7. The van der Waals surface area contributed by atoms with Gasteiger partial charge in [-0.3, -0.25) is 9.69 Å². The molecule has 22 heavy (non-hydrogen) atoms. The van der Waals surface area contributed by atoms with E-state index in [-0.39, 0.29) is 5.91 Å². The lowest BCUT2D eigenvalue weighted by atomic mass is 10.1. The molecule has 1 aromatic rings. The van der Waals surface area contributed by atoms with Crippen molar-refractivity contribution < 1.29 is 4.79 Å². The number of carbonyl (C=O) groups is 1. The molecule has 120 valence electrons. The maximum Gasteiger partial charge on any atom is 0.238 e. The molecule has 2 fully saturated rings. The Morgan fingerprint density at radius 3 is 2.32 bits per heavy atom. The molecule has 3 nitrogen and oxygen atoms in total. The second kappa shape index (κ2) is 6.56. The highest BCUT2D eigenvalue weighted by Crippen LogP contribution is 2.39. The van der Waals surface area contributed by atoms with Gasteiger partial charge >= 0.3 is 0 Å². The van der Waals surface area contributed by atoms with Gasteiger partial charge < -0.3 is 5.32 Å². The molecule has 0 radical (unpaired) electrons. The highest BCUT2D eigenvalue weighted by atomic mass is 35.5. The van der Waals surface area contributed by atoms with Crippen molar-refractivity contribution in [2.24, 2.45) is 5.92 Å². The van der Waals surface area contributed by atoms with E-state index in [1.54, 1.807) is 12.1 Å². The van der Waals surface area contributed by atoms with Gasteiger partial charge in [-0.25, -0.2) is 0 Å². The molecule has 2 aliphatic carbocycles. The van der Waals surface area contributed by atoms with Crippen LogP contribution >= 0.6 is 34.8 Å². The van der Waals surface area contributed by atoms with Gasteiger partial charge in [0.25, 0.3) is 0 Å². The van der Waals surface area contributed by atoms with Crippen LogP contribution in [0.2, 0.25) is 15.1 Å². The Morgan fingerprint density at radius 1 is 1.23 bits per heavy atom. The van der Waals surface area contributed by atoms with Crippen LogP contribution in [0.15, 0.2) is 12.1 Å². The molecular formula is C16H19Cl3N2O. The fourth-order valence-corrected chi connectivity index (χ4v) is 3.78. The lowest BCUT2D eigenvalue weighted by Gasteiger charge is -2.28. The summed E-state index contributed by atoms with van der Waals surface area (Å²) in [5.41, 5.74) is 0.438. The smallest absolute Gasteiger partial charge is 0.238 e. The van der Waals surface area contributed by atoms with Gasteiger partial charge in [0.1, 0.15) is 0 Å². The number of hydrogen-bond donors (Lipinski definition) is 1. The number of nitrogens with one attached hydrogen (secondary N) is 1. The zero-order chi connectivity index (χ0) is 15.9. The molecule has 0 aliphatic heterocycles. The first-order valence-corrected chi connectivity index (χ1v) is 8.79. The quantitative estimate of drug-likeness (QED) is 0.785. The number of halogens is 3. The Hall–Kier alpha value is -0.480. The van der Waals surface area contributed by atoms with Crippen molar-refractivity contribution in [3.63, 3.8) is 0 Å². The summed E-state index contributed by atoms with van der Waals surface area (Å²) >= 11 is 18.1. The minimum atomic E-state index is -0.0782. The SMILES string of the molecule is CC(C1CC1)N(CC(=O)Nc1c(Cl)cc(Cl)cc1Cl)C1CC1. The van der Waals surface area contributed by atoms with E-state index in [0.29, 0.717) is 39.4 Å². The Labute approximate surface area is 145 Å². The Bertz CT molecular complexity index is 562. The molecule has 1 aromatic carbocycles. The van der Waals surface area contributed by atoms with Crippen molar-refractivity contribution >= 4 is 46.4 Å². The van der Waals surface area contributed by atoms with Crippen LogP contribution < -0.4 is 5.32 Å². The van der Waals surface area contributed by atoms with Gasteiger partial charge in [-0.05, 0) is 50.7 Å². The average molecular weight is 362 g/mol. The number of benzene rings is 1.